The molecule has 3 aromatic heterocycles. The van der Waals surface area contributed by atoms with Crippen molar-refractivity contribution in [2.45, 2.75) is 0 Å². The van der Waals surface area contributed by atoms with Crippen LogP contribution in [0.5, 0.6) is 0 Å². The molecule has 338 valence electrons. The number of benzene rings is 4. The molecule has 0 saturated carbocycles. The molecule has 12 nitrogen and oxygen atoms in total. The van der Waals surface area contributed by atoms with E-state index in [0.29, 0.717) is 125 Å². The van der Waals surface area contributed by atoms with Crippen molar-refractivity contribution in [3.05, 3.63) is 138 Å². The molecule has 24 heteroatoms. The number of hydrogen-bond donors (Lipinski definition) is 10. The van der Waals surface area contributed by atoms with E-state index in [4.69, 9.17) is 9.97 Å². The van der Waals surface area contributed by atoms with Gasteiger partial charge in [0.2, 0.25) is 0 Å². The van der Waals surface area contributed by atoms with Gasteiger partial charge in [-0.25, -0.2) is 9.97 Å². The van der Waals surface area contributed by atoms with Crippen LogP contribution in [0.2, 0.25) is 0 Å². The maximum atomic E-state index is 10.1. The molecular weight excluding hydrogens is 1390 g/mol. The second-order valence-electron chi connectivity index (χ2n) is 15.4. The molecule has 0 amide bonds. The van der Waals surface area contributed by atoms with Crippen molar-refractivity contribution in [2.24, 2.45) is 0 Å². The van der Waals surface area contributed by atoms with Crippen LogP contribution in [0.3, 0.4) is 0 Å². The largest absolute Gasteiger partial charge is 0.488 e. The molecular formula is C44H26B4Br8N4O8. The van der Waals surface area contributed by atoms with E-state index in [0.717, 1.165) is 0 Å². The topological polar surface area (TPSA) is 219 Å². The number of H-pyrrole nitrogens is 2. The van der Waals surface area contributed by atoms with E-state index < -0.39 is 28.5 Å². The lowest BCUT2D eigenvalue weighted by molar-refractivity contribution is 0.424. The Bertz CT molecular complexity index is 3000. The second kappa shape index (κ2) is 20.0. The zero-order valence-electron chi connectivity index (χ0n) is 34.0. The van der Waals surface area contributed by atoms with Crippen molar-refractivity contribution in [1.82, 2.24) is 19.9 Å². The van der Waals surface area contributed by atoms with Crippen LogP contribution < -0.4 is 21.9 Å². The molecule has 9 rings (SSSR count). The molecule has 0 aliphatic carbocycles. The van der Waals surface area contributed by atoms with Crippen LogP contribution in [0.15, 0.2) is 115 Å². The van der Waals surface area contributed by atoms with Gasteiger partial charge in [0.1, 0.15) is 0 Å². The van der Waals surface area contributed by atoms with Crippen molar-refractivity contribution < 1.29 is 40.2 Å². The monoisotopic (exact) mass is 1410 g/mol. The highest BCUT2D eigenvalue weighted by atomic mass is 79.9. The fraction of sp³-hybridized carbons (Fsp3) is 0. The summed E-state index contributed by atoms with van der Waals surface area (Å²) in [5.41, 5.74) is 10.1. The molecule has 8 bridgehead atoms. The number of halogens is 8. The average molecular weight is 1420 g/mol. The summed E-state index contributed by atoms with van der Waals surface area (Å²) >= 11 is 31.2. The summed E-state index contributed by atoms with van der Waals surface area (Å²) in [6.45, 7) is 0. The molecule has 10 N–H and O–H groups in total. The summed E-state index contributed by atoms with van der Waals surface area (Å²) in [6.07, 6.45) is 0. The lowest BCUT2D eigenvalue weighted by Crippen LogP contribution is -2.29. The minimum absolute atomic E-state index is 0.273. The Hall–Kier alpha value is -2.74. The summed E-state index contributed by atoms with van der Waals surface area (Å²) in [5.74, 6) is 0. The molecule has 0 unspecified atom stereocenters. The van der Waals surface area contributed by atoms with Gasteiger partial charge in [0.15, 0.2) is 0 Å². The molecule has 0 saturated heterocycles. The Morgan fingerprint density at radius 2 is 0.471 bits per heavy atom. The summed E-state index contributed by atoms with van der Waals surface area (Å²) in [7, 11) is -6.86. The number of fused-ring (bicyclic) bond motifs is 8. The summed E-state index contributed by atoms with van der Waals surface area (Å²) in [6, 6.07) is 27.0. The van der Waals surface area contributed by atoms with Crippen LogP contribution in [0.25, 0.3) is 84.5 Å². The summed E-state index contributed by atoms with van der Waals surface area (Å²) in [4.78, 5) is 18.2. The van der Waals surface area contributed by atoms with Crippen molar-refractivity contribution in [3.63, 3.8) is 0 Å². The third kappa shape index (κ3) is 8.98. The zero-order valence-corrected chi connectivity index (χ0v) is 46.7. The van der Waals surface area contributed by atoms with Crippen molar-refractivity contribution in [3.8, 4) is 44.5 Å². The molecule has 2 aliphatic heterocycles. The van der Waals surface area contributed by atoms with Crippen LogP contribution in [0, 0.1) is 0 Å². The Balaban J connectivity index is 1.57. The van der Waals surface area contributed by atoms with E-state index in [1.807, 2.05) is 0 Å². The number of rotatable bonds is 8. The van der Waals surface area contributed by atoms with Gasteiger partial charge < -0.3 is 50.2 Å². The standard InChI is InChI=1S/C44H26B4Br8N4O8/c49-29-31(51)39-26(18-3-11-22(12-4-18)46(63)64)41-33(53)35(55)43(59-41)28(20-7-15-24(16-8-20)48(67)68)44-36(56)34(54)42(60-44)27(19-5-13-23(14-6-19)47(65)66)40-32(52)30(50)38(58-40)25(37(29)57-39)17-1-9-21(10-2-17)45(61)62/h1-16,57,60-68H. The van der Waals surface area contributed by atoms with Crippen LogP contribution in [-0.4, -0.2) is 88.6 Å². The van der Waals surface area contributed by atoms with Crippen LogP contribution in [0.4, 0.5) is 0 Å². The fourth-order valence-corrected chi connectivity index (χ4v) is 11.9. The fourth-order valence-electron chi connectivity index (χ4n) is 7.98. The smallest absolute Gasteiger partial charge is 0.423 e. The van der Waals surface area contributed by atoms with Gasteiger partial charge in [0.25, 0.3) is 0 Å². The van der Waals surface area contributed by atoms with E-state index >= 15 is 0 Å². The van der Waals surface area contributed by atoms with Crippen molar-refractivity contribution >= 4 is 218 Å². The lowest BCUT2D eigenvalue weighted by atomic mass is 9.80. The Morgan fingerprint density at radius 3 is 0.632 bits per heavy atom. The number of nitrogens with zero attached hydrogens (tertiary/aromatic N) is 2. The SMILES string of the molecule is OB(O)c1ccc(-c2c3nc(c(-c4ccc(B(O)O)cc4)c4[nH]c(c(Br)c4Br)c(-c4ccc(B(O)O)cc4)c4nc(c(-c5ccc(B(O)O)cc5)c5[nH]c2c(Br)c5Br)C(Br)=C4Br)C(Br)=C3Br)cc1. The third-order valence-corrected chi connectivity index (χ3v) is 19.8. The highest BCUT2D eigenvalue weighted by Gasteiger charge is 2.31. The van der Waals surface area contributed by atoms with Gasteiger partial charge >= 0.3 is 28.5 Å². The first-order chi connectivity index (χ1) is 32.4. The average Bonchev–Trinajstić information content (AvgIpc) is 3.98. The van der Waals surface area contributed by atoms with Gasteiger partial charge in [-0.15, -0.1) is 0 Å². The lowest BCUT2D eigenvalue weighted by Gasteiger charge is -2.09. The Kier molecular flexibility index (Phi) is 14.8. The molecule has 0 radical (unpaired) electrons. The van der Waals surface area contributed by atoms with Gasteiger partial charge in [-0.2, -0.15) is 0 Å². The maximum absolute atomic E-state index is 10.1. The first kappa shape index (κ1) is 50.2. The molecule has 5 heterocycles. The molecule has 4 aromatic carbocycles. The van der Waals surface area contributed by atoms with E-state index in [9.17, 15) is 40.2 Å². The van der Waals surface area contributed by atoms with E-state index in [1.165, 1.54) is 0 Å². The first-order valence-corrected chi connectivity index (χ1v) is 26.3. The Morgan fingerprint density at radius 1 is 0.294 bits per heavy atom. The van der Waals surface area contributed by atoms with Crippen molar-refractivity contribution in [2.75, 3.05) is 0 Å². The van der Waals surface area contributed by atoms with Gasteiger partial charge in [0.05, 0.1) is 80.7 Å². The van der Waals surface area contributed by atoms with Gasteiger partial charge in [0, 0.05) is 22.3 Å². The van der Waals surface area contributed by atoms with Gasteiger partial charge in [-0.05, 0) is 172 Å². The van der Waals surface area contributed by atoms with Crippen LogP contribution in [0.1, 0.15) is 22.8 Å². The Labute approximate surface area is 455 Å². The predicted molar refractivity (Wildman–Crippen MR) is 302 cm³/mol. The molecule has 68 heavy (non-hydrogen) atoms. The first-order valence-electron chi connectivity index (χ1n) is 19.9. The second-order valence-corrected chi connectivity index (χ2v) is 21.7. The number of nitrogens with one attached hydrogen (secondary N) is 2. The zero-order chi connectivity index (χ0) is 48.6. The van der Waals surface area contributed by atoms with Gasteiger partial charge in [-0.3, -0.25) is 0 Å². The molecule has 2 aliphatic rings. The van der Waals surface area contributed by atoms with Gasteiger partial charge in [-0.1, -0.05) is 97.1 Å². The third-order valence-electron chi connectivity index (χ3n) is 11.4. The minimum Gasteiger partial charge on any atom is -0.423 e. The van der Waals surface area contributed by atoms with E-state index in [-0.39, 0.29) is 21.9 Å². The quantitative estimate of drug-likeness (QED) is 0.0662. The van der Waals surface area contributed by atoms with E-state index in [2.05, 4.69) is 137 Å². The maximum Gasteiger partial charge on any atom is 0.488 e. The molecule has 0 fully saturated rings. The normalized spacial score (nSPS) is 12.6. The molecule has 0 spiro atoms. The highest BCUT2D eigenvalue weighted by molar-refractivity contribution is 9.18. The summed E-state index contributed by atoms with van der Waals surface area (Å²) < 4.78 is 4.62. The number of hydrogen-bond acceptors (Lipinski definition) is 10. The van der Waals surface area contributed by atoms with Crippen LogP contribution >= 0.6 is 127 Å². The van der Waals surface area contributed by atoms with E-state index in [1.54, 1.807) is 97.1 Å². The minimum atomic E-state index is -1.71. The number of aromatic nitrogens is 4. The summed E-state index contributed by atoms with van der Waals surface area (Å²) in [5, 5.41) is 80.7. The molecule has 7 aromatic rings. The van der Waals surface area contributed by atoms with Crippen molar-refractivity contribution in [1.29, 1.82) is 0 Å². The molecule has 0 atom stereocenters. The highest BCUT2D eigenvalue weighted by Crippen LogP contribution is 2.53. The predicted octanol–water partition coefficient (Wildman–Crippen LogP) is 7.98. The number of aromatic amines is 2. The van der Waals surface area contributed by atoms with Crippen LogP contribution in [-0.2, 0) is 0 Å².